The van der Waals surface area contributed by atoms with Crippen LogP contribution >= 0.6 is 0 Å². The second-order valence-electron chi connectivity index (χ2n) is 3.45. The van der Waals surface area contributed by atoms with E-state index in [1.165, 1.54) is 6.33 Å². The molecule has 0 aliphatic carbocycles. The molecule has 1 aliphatic heterocycles. The third-order valence-corrected chi connectivity index (χ3v) is 2.49. The quantitative estimate of drug-likeness (QED) is 0.644. The zero-order chi connectivity index (χ0) is 10.7. The predicted octanol–water partition coefficient (Wildman–Crippen LogP) is -0.375. The van der Waals surface area contributed by atoms with Crippen molar-refractivity contribution in [1.82, 2.24) is 9.97 Å². The van der Waals surface area contributed by atoms with E-state index < -0.39 is 7.12 Å². The van der Waals surface area contributed by atoms with E-state index in [1.807, 2.05) is 6.08 Å². The molecule has 0 unspecified atom stereocenters. The highest BCUT2D eigenvalue weighted by Crippen LogP contribution is 2.17. The van der Waals surface area contributed by atoms with Crippen LogP contribution in [0.1, 0.15) is 6.42 Å². The second kappa shape index (κ2) is 4.42. The lowest BCUT2D eigenvalue weighted by molar-refractivity contribution is 0.415. The number of hydrogen-bond acceptors (Lipinski definition) is 5. The highest BCUT2D eigenvalue weighted by Gasteiger charge is 2.20. The Balaban J connectivity index is 2.06. The molecule has 6 heteroatoms. The SMILES string of the molecule is OB(O)C1=CCN(c2cncnc2)CC1. The molecule has 0 radical (unpaired) electrons. The first-order valence-corrected chi connectivity index (χ1v) is 4.82. The molecule has 2 N–H and O–H groups in total. The van der Waals surface area contributed by atoms with Crippen molar-refractivity contribution >= 4 is 12.8 Å². The van der Waals surface area contributed by atoms with Crippen molar-refractivity contribution in [2.45, 2.75) is 6.42 Å². The molecule has 2 rings (SSSR count). The van der Waals surface area contributed by atoms with Crippen LogP contribution in [0.5, 0.6) is 0 Å². The molecule has 78 valence electrons. The summed E-state index contributed by atoms with van der Waals surface area (Å²) < 4.78 is 0. The van der Waals surface area contributed by atoms with E-state index in [0.29, 0.717) is 18.4 Å². The van der Waals surface area contributed by atoms with Crippen LogP contribution in [0.15, 0.2) is 30.3 Å². The number of aromatic nitrogens is 2. The maximum absolute atomic E-state index is 8.98. The van der Waals surface area contributed by atoms with Crippen LogP contribution in [0.3, 0.4) is 0 Å². The first kappa shape index (κ1) is 10.1. The third-order valence-electron chi connectivity index (χ3n) is 2.49. The fourth-order valence-electron chi connectivity index (χ4n) is 1.61. The molecule has 1 aromatic heterocycles. The van der Waals surface area contributed by atoms with Gasteiger partial charge in [-0.25, -0.2) is 9.97 Å². The highest BCUT2D eigenvalue weighted by molar-refractivity contribution is 6.50. The largest absolute Gasteiger partial charge is 0.483 e. The van der Waals surface area contributed by atoms with Gasteiger partial charge in [-0.05, 0) is 11.9 Å². The molecule has 0 amide bonds. The summed E-state index contributed by atoms with van der Waals surface area (Å²) in [4.78, 5) is 9.97. The van der Waals surface area contributed by atoms with Gasteiger partial charge in [0.15, 0.2) is 0 Å². The second-order valence-corrected chi connectivity index (χ2v) is 3.45. The number of hydrogen-bond donors (Lipinski definition) is 2. The van der Waals surface area contributed by atoms with Gasteiger partial charge in [-0.3, -0.25) is 0 Å². The average Bonchev–Trinajstić information content (AvgIpc) is 2.30. The van der Waals surface area contributed by atoms with Gasteiger partial charge in [-0.15, -0.1) is 0 Å². The summed E-state index contributed by atoms with van der Waals surface area (Å²) in [6, 6.07) is 0. The molecule has 0 bridgehead atoms. The minimum absolute atomic E-state index is 0.659. The number of nitrogens with zero attached hydrogens (tertiary/aromatic N) is 3. The Morgan fingerprint density at radius 2 is 2.00 bits per heavy atom. The first-order valence-electron chi connectivity index (χ1n) is 4.82. The third kappa shape index (κ3) is 2.34. The normalized spacial score (nSPS) is 16.1. The first-order chi connectivity index (χ1) is 7.27. The Hall–Kier alpha value is -1.40. The highest BCUT2D eigenvalue weighted by atomic mass is 16.4. The summed E-state index contributed by atoms with van der Waals surface area (Å²) in [7, 11) is -1.32. The van der Waals surface area contributed by atoms with Crippen molar-refractivity contribution in [2.75, 3.05) is 18.0 Å². The summed E-state index contributed by atoms with van der Waals surface area (Å²) in [6.07, 6.45) is 7.49. The van der Waals surface area contributed by atoms with Crippen molar-refractivity contribution in [1.29, 1.82) is 0 Å². The molecule has 2 heterocycles. The van der Waals surface area contributed by atoms with Gasteiger partial charge in [-0.1, -0.05) is 6.08 Å². The van der Waals surface area contributed by atoms with Gasteiger partial charge in [0.05, 0.1) is 18.1 Å². The van der Waals surface area contributed by atoms with Gasteiger partial charge in [0.25, 0.3) is 0 Å². The molecule has 1 aromatic rings. The lowest BCUT2D eigenvalue weighted by Gasteiger charge is -2.27. The molecule has 15 heavy (non-hydrogen) atoms. The summed E-state index contributed by atoms with van der Waals surface area (Å²) in [5, 5.41) is 18.0. The lowest BCUT2D eigenvalue weighted by Crippen LogP contribution is -2.32. The van der Waals surface area contributed by atoms with E-state index in [4.69, 9.17) is 10.0 Å². The molecule has 0 fully saturated rings. The van der Waals surface area contributed by atoms with Crippen molar-refractivity contribution in [3.63, 3.8) is 0 Å². The van der Waals surface area contributed by atoms with Crippen molar-refractivity contribution in [3.8, 4) is 0 Å². The van der Waals surface area contributed by atoms with Crippen LogP contribution in [0.2, 0.25) is 0 Å². The molecule has 0 saturated heterocycles. The van der Waals surface area contributed by atoms with Crippen molar-refractivity contribution < 1.29 is 10.0 Å². The fourth-order valence-corrected chi connectivity index (χ4v) is 1.61. The minimum atomic E-state index is -1.32. The topological polar surface area (TPSA) is 69.5 Å². The van der Waals surface area contributed by atoms with Crippen LogP contribution in [0, 0.1) is 0 Å². The summed E-state index contributed by atoms with van der Waals surface area (Å²) in [5.41, 5.74) is 1.64. The van der Waals surface area contributed by atoms with Crippen LogP contribution in [0.4, 0.5) is 5.69 Å². The monoisotopic (exact) mass is 205 g/mol. The molecule has 0 atom stereocenters. The molecule has 5 nitrogen and oxygen atoms in total. The zero-order valence-corrected chi connectivity index (χ0v) is 8.24. The van der Waals surface area contributed by atoms with Gasteiger partial charge >= 0.3 is 7.12 Å². The number of rotatable bonds is 2. The lowest BCUT2D eigenvalue weighted by atomic mass is 9.76. The average molecular weight is 205 g/mol. The number of anilines is 1. The van der Waals surface area contributed by atoms with E-state index in [2.05, 4.69) is 14.9 Å². The van der Waals surface area contributed by atoms with E-state index in [0.717, 1.165) is 12.2 Å². The van der Waals surface area contributed by atoms with Crippen LogP contribution < -0.4 is 4.90 Å². The molecule has 0 aromatic carbocycles. The Kier molecular flexibility index (Phi) is 2.98. The standard InChI is InChI=1S/C9H12BN3O2/c14-10(15)8-1-3-13(4-2-8)9-5-11-7-12-6-9/h1,5-7,14-15H,2-4H2. The van der Waals surface area contributed by atoms with Gasteiger partial charge in [0.2, 0.25) is 0 Å². The predicted molar refractivity (Wildman–Crippen MR) is 57.1 cm³/mol. The smallest absolute Gasteiger partial charge is 0.423 e. The van der Waals surface area contributed by atoms with Crippen LogP contribution in [0.25, 0.3) is 0 Å². The van der Waals surface area contributed by atoms with Crippen LogP contribution in [-0.2, 0) is 0 Å². The molecule has 1 aliphatic rings. The summed E-state index contributed by atoms with van der Waals surface area (Å²) >= 11 is 0. The summed E-state index contributed by atoms with van der Waals surface area (Å²) in [5.74, 6) is 0. The molecular weight excluding hydrogens is 193 g/mol. The summed E-state index contributed by atoms with van der Waals surface area (Å²) in [6.45, 7) is 1.43. The van der Waals surface area contributed by atoms with Crippen LogP contribution in [-0.4, -0.2) is 40.2 Å². The van der Waals surface area contributed by atoms with E-state index in [1.54, 1.807) is 12.4 Å². The van der Waals surface area contributed by atoms with Crippen molar-refractivity contribution in [3.05, 3.63) is 30.3 Å². The minimum Gasteiger partial charge on any atom is -0.423 e. The Bertz CT molecular complexity index is 356. The van der Waals surface area contributed by atoms with E-state index in [-0.39, 0.29) is 0 Å². The molecular formula is C9H12BN3O2. The Morgan fingerprint density at radius 3 is 2.53 bits per heavy atom. The fraction of sp³-hybridized carbons (Fsp3) is 0.333. The zero-order valence-electron chi connectivity index (χ0n) is 8.24. The maximum Gasteiger partial charge on any atom is 0.483 e. The van der Waals surface area contributed by atoms with E-state index in [9.17, 15) is 0 Å². The Labute approximate surface area is 88.2 Å². The van der Waals surface area contributed by atoms with Gasteiger partial charge in [0.1, 0.15) is 6.33 Å². The van der Waals surface area contributed by atoms with Gasteiger partial charge < -0.3 is 14.9 Å². The van der Waals surface area contributed by atoms with Gasteiger partial charge in [-0.2, -0.15) is 0 Å². The van der Waals surface area contributed by atoms with Gasteiger partial charge in [0, 0.05) is 13.1 Å². The Morgan fingerprint density at radius 1 is 1.27 bits per heavy atom. The molecule has 0 saturated carbocycles. The van der Waals surface area contributed by atoms with Crippen molar-refractivity contribution in [2.24, 2.45) is 0 Å². The molecule has 0 spiro atoms. The van der Waals surface area contributed by atoms with E-state index >= 15 is 0 Å². The maximum atomic E-state index is 8.98.